The van der Waals surface area contributed by atoms with Crippen molar-refractivity contribution in [3.63, 3.8) is 0 Å². The van der Waals surface area contributed by atoms with E-state index in [0.717, 1.165) is 16.9 Å². The van der Waals surface area contributed by atoms with Crippen molar-refractivity contribution in [2.75, 3.05) is 32.8 Å². The second kappa shape index (κ2) is 8.25. The first-order chi connectivity index (χ1) is 13.0. The van der Waals surface area contributed by atoms with Gasteiger partial charge in [0, 0.05) is 31.7 Å². The molecule has 1 fully saturated rings. The Labute approximate surface area is 160 Å². The topological polar surface area (TPSA) is 49.9 Å². The Bertz CT molecular complexity index is 839. The molecule has 2 aromatic rings. The Balaban J connectivity index is 1.52. The first-order valence-corrected chi connectivity index (χ1v) is 9.28. The SMILES string of the molecule is Cc1ccc(C(=O)N2CCN(C(=O)COc3ccccc3C)CC2)cc1C. The van der Waals surface area contributed by atoms with Gasteiger partial charge in [-0.1, -0.05) is 24.3 Å². The minimum atomic E-state index is -0.0449. The number of nitrogens with zero attached hydrogens (tertiary/aromatic N) is 2. The van der Waals surface area contributed by atoms with E-state index >= 15 is 0 Å². The van der Waals surface area contributed by atoms with Crippen molar-refractivity contribution in [2.24, 2.45) is 0 Å². The van der Waals surface area contributed by atoms with Crippen molar-refractivity contribution >= 4 is 11.8 Å². The third kappa shape index (κ3) is 4.48. The number of benzene rings is 2. The standard InChI is InChI=1S/C22H26N2O3/c1-16-8-9-19(14-18(16)3)22(26)24-12-10-23(11-13-24)21(25)15-27-20-7-5-4-6-17(20)2/h4-9,14H,10-13,15H2,1-3H3. The number of aryl methyl sites for hydroxylation is 3. The van der Waals surface area contributed by atoms with Crippen LogP contribution in [0.15, 0.2) is 42.5 Å². The number of hydrogen-bond acceptors (Lipinski definition) is 3. The van der Waals surface area contributed by atoms with Gasteiger partial charge >= 0.3 is 0 Å². The lowest BCUT2D eigenvalue weighted by atomic mass is 10.1. The molecule has 142 valence electrons. The fraction of sp³-hybridized carbons (Fsp3) is 0.364. The lowest BCUT2D eigenvalue weighted by Gasteiger charge is -2.34. The van der Waals surface area contributed by atoms with Crippen LogP contribution in [0.25, 0.3) is 0 Å². The van der Waals surface area contributed by atoms with Crippen LogP contribution in [0.3, 0.4) is 0 Å². The number of carbonyl (C=O) groups excluding carboxylic acids is 2. The molecule has 0 aliphatic carbocycles. The summed E-state index contributed by atoms with van der Waals surface area (Å²) in [6.45, 7) is 8.18. The smallest absolute Gasteiger partial charge is 0.260 e. The van der Waals surface area contributed by atoms with E-state index in [9.17, 15) is 9.59 Å². The highest BCUT2D eigenvalue weighted by atomic mass is 16.5. The molecule has 5 nitrogen and oxygen atoms in total. The maximum atomic E-state index is 12.7. The fourth-order valence-corrected chi connectivity index (χ4v) is 3.17. The summed E-state index contributed by atoms with van der Waals surface area (Å²) in [5.74, 6) is 0.715. The molecule has 2 amide bonds. The summed E-state index contributed by atoms with van der Waals surface area (Å²) >= 11 is 0. The summed E-state index contributed by atoms with van der Waals surface area (Å²) in [6.07, 6.45) is 0. The molecule has 27 heavy (non-hydrogen) atoms. The highest BCUT2D eigenvalue weighted by Gasteiger charge is 2.25. The maximum Gasteiger partial charge on any atom is 0.260 e. The van der Waals surface area contributed by atoms with Crippen LogP contribution in [-0.4, -0.2) is 54.4 Å². The second-order valence-electron chi connectivity index (χ2n) is 7.03. The van der Waals surface area contributed by atoms with Gasteiger partial charge in [0.05, 0.1) is 0 Å². The van der Waals surface area contributed by atoms with Gasteiger partial charge in [0.1, 0.15) is 5.75 Å². The van der Waals surface area contributed by atoms with Crippen LogP contribution in [0, 0.1) is 20.8 Å². The molecule has 0 saturated carbocycles. The quantitative estimate of drug-likeness (QED) is 0.836. The number of hydrogen-bond donors (Lipinski definition) is 0. The van der Waals surface area contributed by atoms with E-state index in [4.69, 9.17) is 4.74 Å². The van der Waals surface area contributed by atoms with Gasteiger partial charge in [-0.3, -0.25) is 9.59 Å². The monoisotopic (exact) mass is 366 g/mol. The van der Waals surface area contributed by atoms with Crippen molar-refractivity contribution in [1.29, 1.82) is 0 Å². The first kappa shape index (κ1) is 19.0. The van der Waals surface area contributed by atoms with E-state index < -0.39 is 0 Å². The summed E-state index contributed by atoms with van der Waals surface area (Å²) < 4.78 is 5.65. The van der Waals surface area contributed by atoms with Crippen molar-refractivity contribution in [3.8, 4) is 5.75 Å². The van der Waals surface area contributed by atoms with E-state index in [1.54, 1.807) is 4.90 Å². The third-order valence-electron chi connectivity index (χ3n) is 5.12. The maximum absolute atomic E-state index is 12.7. The Hall–Kier alpha value is -2.82. The minimum absolute atomic E-state index is 0.0238. The molecule has 0 radical (unpaired) electrons. The van der Waals surface area contributed by atoms with E-state index in [1.165, 1.54) is 5.56 Å². The van der Waals surface area contributed by atoms with E-state index in [-0.39, 0.29) is 18.4 Å². The molecular weight excluding hydrogens is 340 g/mol. The largest absolute Gasteiger partial charge is 0.484 e. The van der Waals surface area contributed by atoms with Crippen LogP contribution in [-0.2, 0) is 4.79 Å². The van der Waals surface area contributed by atoms with Crippen LogP contribution in [0.5, 0.6) is 5.75 Å². The molecule has 0 unspecified atom stereocenters. The third-order valence-corrected chi connectivity index (χ3v) is 5.12. The molecule has 1 aliphatic rings. The molecule has 1 heterocycles. The molecule has 0 aromatic heterocycles. The number of rotatable bonds is 4. The highest BCUT2D eigenvalue weighted by molar-refractivity contribution is 5.94. The summed E-state index contributed by atoms with van der Waals surface area (Å²) in [4.78, 5) is 28.7. The molecule has 3 rings (SSSR count). The van der Waals surface area contributed by atoms with Gasteiger partial charge in [-0.15, -0.1) is 0 Å². The van der Waals surface area contributed by atoms with Gasteiger partial charge in [-0.25, -0.2) is 0 Å². The Morgan fingerprint density at radius 1 is 0.852 bits per heavy atom. The average molecular weight is 366 g/mol. The van der Waals surface area contributed by atoms with Crippen LogP contribution in [0.4, 0.5) is 0 Å². The first-order valence-electron chi connectivity index (χ1n) is 9.28. The summed E-state index contributed by atoms with van der Waals surface area (Å²) in [6, 6.07) is 13.4. The van der Waals surface area contributed by atoms with Crippen molar-refractivity contribution in [1.82, 2.24) is 9.80 Å². The number of amides is 2. The second-order valence-corrected chi connectivity index (χ2v) is 7.03. The Morgan fingerprint density at radius 2 is 1.52 bits per heavy atom. The van der Waals surface area contributed by atoms with E-state index in [1.807, 2.05) is 68.1 Å². The normalized spacial score (nSPS) is 14.2. The van der Waals surface area contributed by atoms with Crippen LogP contribution < -0.4 is 4.74 Å². The lowest BCUT2D eigenvalue weighted by Crippen LogP contribution is -2.51. The number of ether oxygens (including phenoxy) is 1. The molecule has 2 aromatic carbocycles. The molecule has 0 spiro atoms. The minimum Gasteiger partial charge on any atom is -0.484 e. The zero-order valence-corrected chi connectivity index (χ0v) is 16.2. The molecular formula is C22H26N2O3. The number of carbonyl (C=O) groups is 2. The van der Waals surface area contributed by atoms with E-state index in [2.05, 4.69) is 0 Å². The molecule has 1 aliphatic heterocycles. The summed E-state index contributed by atoms with van der Waals surface area (Å²) in [5.41, 5.74) is 4.01. The van der Waals surface area contributed by atoms with Crippen molar-refractivity contribution in [2.45, 2.75) is 20.8 Å². The van der Waals surface area contributed by atoms with Gasteiger partial charge < -0.3 is 14.5 Å². The molecule has 1 saturated heterocycles. The number of para-hydroxylation sites is 1. The van der Waals surface area contributed by atoms with Gasteiger partial charge in [0.2, 0.25) is 0 Å². The molecule has 5 heteroatoms. The molecule has 0 atom stereocenters. The highest BCUT2D eigenvalue weighted by Crippen LogP contribution is 2.17. The Morgan fingerprint density at radius 3 is 2.19 bits per heavy atom. The lowest BCUT2D eigenvalue weighted by molar-refractivity contribution is -0.134. The number of piperazine rings is 1. The van der Waals surface area contributed by atoms with Crippen LogP contribution >= 0.6 is 0 Å². The van der Waals surface area contributed by atoms with Gasteiger partial charge in [0.25, 0.3) is 11.8 Å². The zero-order chi connectivity index (χ0) is 19.4. The predicted molar refractivity (Wildman–Crippen MR) is 105 cm³/mol. The van der Waals surface area contributed by atoms with Crippen LogP contribution in [0.1, 0.15) is 27.0 Å². The van der Waals surface area contributed by atoms with Gasteiger partial charge in [-0.05, 0) is 55.7 Å². The van der Waals surface area contributed by atoms with Crippen LogP contribution in [0.2, 0.25) is 0 Å². The zero-order valence-electron chi connectivity index (χ0n) is 16.2. The molecule has 0 N–H and O–H groups in total. The van der Waals surface area contributed by atoms with Crippen molar-refractivity contribution in [3.05, 3.63) is 64.7 Å². The predicted octanol–water partition coefficient (Wildman–Crippen LogP) is 2.98. The van der Waals surface area contributed by atoms with E-state index in [0.29, 0.717) is 31.7 Å². The Kier molecular flexibility index (Phi) is 5.79. The summed E-state index contributed by atoms with van der Waals surface area (Å²) in [5, 5.41) is 0. The molecule has 0 bridgehead atoms. The summed E-state index contributed by atoms with van der Waals surface area (Å²) in [7, 11) is 0. The van der Waals surface area contributed by atoms with Gasteiger partial charge in [-0.2, -0.15) is 0 Å². The van der Waals surface area contributed by atoms with Gasteiger partial charge in [0.15, 0.2) is 6.61 Å². The average Bonchev–Trinajstić information content (AvgIpc) is 2.69. The van der Waals surface area contributed by atoms with Crippen molar-refractivity contribution < 1.29 is 14.3 Å². The fourth-order valence-electron chi connectivity index (χ4n) is 3.17.